The van der Waals surface area contributed by atoms with Crippen LogP contribution in [-0.4, -0.2) is 42.3 Å². The van der Waals surface area contributed by atoms with Gasteiger partial charge in [0.2, 0.25) is 0 Å². The maximum absolute atomic E-state index is 12.0. The highest BCUT2D eigenvalue weighted by atomic mass is 79.9. The number of carbonyl (C=O) groups is 1. The Hall–Kier alpha value is -0.430. The minimum atomic E-state index is -4.83. The second-order valence-electron chi connectivity index (χ2n) is 3.41. The van der Waals surface area contributed by atoms with Gasteiger partial charge in [0.25, 0.3) is 5.78 Å². The summed E-state index contributed by atoms with van der Waals surface area (Å²) in [5.41, 5.74) is 0. The quantitative estimate of drug-likeness (QED) is 0.589. The van der Waals surface area contributed by atoms with Crippen LogP contribution in [-0.2, 0) is 9.53 Å². The van der Waals surface area contributed by atoms with Crippen LogP contribution in [0.4, 0.5) is 13.2 Å². The van der Waals surface area contributed by atoms with E-state index < -0.39 is 16.8 Å². The summed E-state index contributed by atoms with van der Waals surface area (Å²) < 4.78 is 41.1. The summed E-state index contributed by atoms with van der Waals surface area (Å²) in [6, 6.07) is 0. The first-order valence-corrected chi connectivity index (χ1v) is 5.69. The monoisotopic (exact) mass is 301 g/mol. The van der Waals surface area contributed by atoms with E-state index in [0.29, 0.717) is 13.2 Å². The second-order valence-corrected chi connectivity index (χ2v) is 4.40. The van der Waals surface area contributed by atoms with E-state index in [1.54, 1.807) is 0 Å². The Kier molecular flexibility index (Phi) is 4.91. The maximum atomic E-state index is 12.0. The van der Waals surface area contributed by atoms with Gasteiger partial charge in [0, 0.05) is 12.8 Å². The number of alkyl halides is 4. The molecule has 92 valence electrons. The number of hydrogen-bond donors (Lipinski definition) is 0. The summed E-state index contributed by atoms with van der Waals surface area (Å²) in [5.74, 6) is -1.84. The molecule has 1 rings (SSSR count). The van der Waals surface area contributed by atoms with Gasteiger partial charge in [-0.2, -0.15) is 13.2 Å². The summed E-state index contributed by atoms with van der Waals surface area (Å²) in [5, 5.41) is 0. The third kappa shape index (κ3) is 4.21. The van der Waals surface area contributed by atoms with Crippen molar-refractivity contribution in [3.63, 3.8) is 0 Å². The number of aliphatic imine (C=N–C) groups is 1. The molecule has 1 fully saturated rings. The molecule has 16 heavy (non-hydrogen) atoms. The van der Waals surface area contributed by atoms with Gasteiger partial charge >= 0.3 is 6.18 Å². The zero-order chi connectivity index (χ0) is 12.2. The minimum Gasteiger partial charge on any atom is -0.376 e. The number of halogens is 4. The molecular weight excluding hydrogens is 291 g/mol. The van der Waals surface area contributed by atoms with Crippen molar-refractivity contribution in [1.29, 1.82) is 0 Å². The van der Waals surface area contributed by atoms with Gasteiger partial charge < -0.3 is 4.74 Å². The molecule has 0 saturated carbocycles. The number of carbonyl (C=O) groups excluding carboxylic acids is 1. The lowest BCUT2D eigenvalue weighted by molar-refractivity contribution is -0.168. The molecule has 1 aliphatic heterocycles. The molecule has 3 nitrogen and oxygen atoms in total. The Bertz CT molecular complexity index is 274. The maximum Gasteiger partial charge on any atom is 0.451 e. The first-order valence-electron chi connectivity index (χ1n) is 4.78. The second kappa shape index (κ2) is 5.77. The fourth-order valence-corrected chi connectivity index (χ4v) is 1.71. The van der Waals surface area contributed by atoms with Crippen molar-refractivity contribution < 1.29 is 22.7 Å². The Morgan fingerprint density at radius 1 is 1.62 bits per heavy atom. The molecule has 0 aromatic heterocycles. The fourth-order valence-electron chi connectivity index (χ4n) is 1.28. The van der Waals surface area contributed by atoms with Gasteiger partial charge in [-0.15, -0.1) is 0 Å². The van der Waals surface area contributed by atoms with Crippen LogP contribution < -0.4 is 0 Å². The van der Waals surface area contributed by atoms with Crippen molar-refractivity contribution >= 4 is 27.9 Å². The zero-order valence-electron chi connectivity index (χ0n) is 8.34. The minimum absolute atomic E-state index is 0.0306. The fraction of sp³-hybridized carbons (Fsp3) is 0.778. The number of ketones is 1. The molecule has 0 aromatic carbocycles. The van der Waals surface area contributed by atoms with Crippen LogP contribution in [0.1, 0.15) is 12.8 Å². The average Bonchev–Trinajstić information content (AvgIpc) is 2.67. The Morgan fingerprint density at radius 2 is 2.31 bits per heavy atom. The average molecular weight is 302 g/mol. The predicted molar refractivity (Wildman–Crippen MR) is 56.1 cm³/mol. The number of ether oxygens (including phenoxy) is 1. The van der Waals surface area contributed by atoms with Crippen molar-refractivity contribution in [3.05, 3.63) is 0 Å². The van der Waals surface area contributed by atoms with Crippen LogP contribution in [0.2, 0.25) is 0 Å². The summed E-state index contributed by atoms with van der Waals surface area (Å²) in [7, 11) is 0. The molecule has 7 heteroatoms. The molecule has 0 aliphatic carbocycles. The van der Waals surface area contributed by atoms with Crippen molar-refractivity contribution in [2.24, 2.45) is 4.99 Å². The molecule has 1 saturated heterocycles. The van der Waals surface area contributed by atoms with E-state index >= 15 is 0 Å². The van der Waals surface area contributed by atoms with Crippen LogP contribution >= 0.6 is 15.9 Å². The van der Waals surface area contributed by atoms with E-state index in [9.17, 15) is 18.0 Å². The highest BCUT2D eigenvalue weighted by Crippen LogP contribution is 2.20. The van der Waals surface area contributed by atoms with E-state index in [1.807, 2.05) is 0 Å². The Labute approximate surface area is 99.2 Å². The molecule has 0 amide bonds. The largest absolute Gasteiger partial charge is 0.451 e. The molecule has 0 radical (unpaired) electrons. The van der Waals surface area contributed by atoms with Gasteiger partial charge in [0.1, 0.15) is 4.83 Å². The molecule has 2 atom stereocenters. The molecule has 1 aliphatic rings. The van der Waals surface area contributed by atoms with Crippen LogP contribution in [0.5, 0.6) is 0 Å². The highest BCUT2D eigenvalue weighted by molar-refractivity contribution is 9.10. The summed E-state index contributed by atoms with van der Waals surface area (Å²) in [6.07, 6.45) is -2.09. The molecule has 0 spiro atoms. The van der Waals surface area contributed by atoms with Gasteiger partial charge in [-0.25, -0.2) is 0 Å². The van der Waals surface area contributed by atoms with Gasteiger partial charge in [0.15, 0.2) is 0 Å². The topological polar surface area (TPSA) is 38.7 Å². The molecule has 0 aromatic rings. The summed E-state index contributed by atoms with van der Waals surface area (Å²) >= 11 is 2.63. The first kappa shape index (κ1) is 13.6. The third-order valence-corrected chi connectivity index (χ3v) is 2.75. The summed E-state index contributed by atoms with van der Waals surface area (Å²) in [4.78, 5) is 13.1. The zero-order valence-corrected chi connectivity index (χ0v) is 9.92. The van der Waals surface area contributed by atoms with Gasteiger partial charge in [-0.1, -0.05) is 15.9 Å². The van der Waals surface area contributed by atoms with Crippen LogP contribution in [0.15, 0.2) is 4.99 Å². The highest BCUT2D eigenvalue weighted by Gasteiger charge is 2.41. The van der Waals surface area contributed by atoms with Crippen molar-refractivity contribution in [2.75, 3.05) is 13.2 Å². The number of Topliss-reactive ketones (excluding diaryl/α,β-unsaturated/α-hetero) is 1. The molecular formula is C9H11BrF3NO2. The van der Waals surface area contributed by atoms with Gasteiger partial charge in [-0.05, 0) is 12.8 Å². The van der Waals surface area contributed by atoms with Crippen LogP contribution in [0.3, 0.4) is 0 Å². The van der Waals surface area contributed by atoms with Crippen LogP contribution in [0, 0.1) is 0 Å². The van der Waals surface area contributed by atoms with Crippen molar-refractivity contribution in [3.8, 4) is 0 Å². The van der Waals surface area contributed by atoms with E-state index in [-0.39, 0.29) is 6.10 Å². The van der Waals surface area contributed by atoms with E-state index in [1.165, 1.54) is 0 Å². The normalized spacial score (nSPS) is 23.9. The molecule has 0 bridgehead atoms. The van der Waals surface area contributed by atoms with Crippen molar-refractivity contribution in [1.82, 2.24) is 0 Å². The lowest BCUT2D eigenvalue weighted by Gasteiger charge is -2.08. The van der Waals surface area contributed by atoms with E-state index in [0.717, 1.165) is 19.1 Å². The number of rotatable bonds is 4. The van der Waals surface area contributed by atoms with Gasteiger partial charge in [-0.3, -0.25) is 9.79 Å². The van der Waals surface area contributed by atoms with E-state index in [2.05, 4.69) is 20.9 Å². The lowest BCUT2D eigenvalue weighted by Crippen LogP contribution is -2.31. The number of hydrogen-bond acceptors (Lipinski definition) is 3. The molecule has 1 heterocycles. The first-order chi connectivity index (χ1) is 7.41. The number of nitrogens with zero attached hydrogens (tertiary/aromatic N) is 1. The molecule has 0 N–H and O–H groups in total. The Balaban J connectivity index is 2.35. The standard InChI is InChI=1S/C9H11BrF3NO2/c10-7(8(15)9(11,12)13)5-14-4-6-2-1-3-16-6/h5-7H,1-4H2/t6-,7?/m1/s1. The van der Waals surface area contributed by atoms with Crippen molar-refractivity contribution in [2.45, 2.75) is 29.9 Å². The van der Waals surface area contributed by atoms with Gasteiger partial charge in [0.05, 0.1) is 12.6 Å². The molecule has 1 unspecified atom stereocenters. The predicted octanol–water partition coefficient (Wildman–Crippen LogP) is 2.13. The Morgan fingerprint density at radius 3 is 2.81 bits per heavy atom. The van der Waals surface area contributed by atoms with Crippen LogP contribution in [0.25, 0.3) is 0 Å². The third-order valence-electron chi connectivity index (χ3n) is 2.10. The SMILES string of the molecule is O=C(C(Br)C=NC[C@H]1CCCO1)C(F)(F)F. The summed E-state index contributed by atoms with van der Waals surface area (Å²) in [6.45, 7) is 0.965. The lowest BCUT2D eigenvalue weighted by atomic mass is 10.2. The smallest absolute Gasteiger partial charge is 0.376 e. The van der Waals surface area contributed by atoms with E-state index in [4.69, 9.17) is 4.74 Å².